The number of benzene rings is 3. The Balaban J connectivity index is 1.14. The summed E-state index contributed by atoms with van der Waals surface area (Å²) in [5.74, 6) is 0.153. The molecule has 246 valence electrons. The van der Waals surface area contributed by atoms with Gasteiger partial charge < -0.3 is 19.4 Å². The second-order valence-corrected chi connectivity index (χ2v) is 12.0. The standard InChI is InChI=1S/C32H25F7N4O3S/c1-45-26-11-17(4-9-25(26)46-16-19-5-6-20(31(34,35)36)13-22(19)32(37,38)39)12-27-29(44)42-30(47-27)43-10-2-3-18(15-43)28-40-23-8-7-21(33)14-24(23)41-28/h4-9,11-14,18H,2-3,10,15-16H2,1H3,(H,40,41)/b27-12+. The number of thioether (sulfide) groups is 1. The topological polar surface area (TPSA) is 79.8 Å². The van der Waals surface area contributed by atoms with Gasteiger partial charge in [0.15, 0.2) is 16.7 Å². The number of carbonyl (C=O) groups is 1. The zero-order chi connectivity index (χ0) is 33.5. The summed E-state index contributed by atoms with van der Waals surface area (Å²) in [7, 11) is 1.32. The Morgan fingerprint density at radius 3 is 2.57 bits per heavy atom. The first-order chi connectivity index (χ1) is 22.3. The number of amides is 1. The second-order valence-electron chi connectivity index (χ2n) is 10.9. The van der Waals surface area contributed by atoms with E-state index in [-0.39, 0.29) is 29.3 Å². The van der Waals surface area contributed by atoms with E-state index in [0.29, 0.717) is 40.3 Å². The van der Waals surface area contributed by atoms with Crippen LogP contribution in [0.1, 0.15) is 46.8 Å². The number of halogens is 7. The molecule has 1 saturated heterocycles. The van der Waals surface area contributed by atoms with Crippen LogP contribution >= 0.6 is 11.8 Å². The molecule has 47 heavy (non-hydrogen) atoms. The molecule has 0 aliphatic carbocycles. The maximum Gasteiger partial charge on any atom is 0.416 e. The number of nitrogens with one attached hydrogen (secondary N) is 1. The summed E-state index contributed by atoms with van der Waals surface area (Å²) in [6.07, 6.45) is -6.68. The highest BCUT2D eigenvalue weighted by molar-refractivity contribution is 8.18. The zero-order valence-corrected chi connectivity index (χ0v) is 25.3. The number of amidine groups is 1. The second kappa shape index (κ2) is 12.6. The van der Waals surface area contributed by atoms with Crippen LogP contribution in [-0.2, 0) is 23.8 Å². The molecule has 4 aromatic rings. The number of imidazole rings is 1. The van der Waals surface area contributed by atoms with Crippen LogP contribution in [0.4, 0.5) is 30.7 Å². The van der Waals surface area contributed by atoms with E-state index in [1.54, 1.807) is 18.2 Å². The number of likely N-dealkylation sites (tertiary alicyclic amines) is 1. The monoisotopic (exact) mass is 678 g/mol. The van der Waals surface area contributed by atoms with Gasteiger partial charge in [-0.05, 0) is 72.6 Å². The first-order valence-corrected chi connectivity index (χ1v) is 15.1. The Kier molecular flexibility index (Phi) is 8.68. The van der Waals surface area contributed by atoms with E-state index < -0.39 is 41.6 Å². The number of aromatic amines is 1. The molecule has 2 aliphatic rings. The largest absolute Gasteiger partial charge is 0.493 e. The van der Waals surface area contributed by atoms with Crippen LogP contribution in [0.3, 0.4) is 0 Å². The van der Waals surface area contributed by atoms with Gasteiger partial charge in [-0.15, -0.1) is 0 Å². The van der Waals surface area contributed by atoms with E-state index in [9.17, 15) is 35.5 Å². The van der Waals surface area contributed by atoms with Crippen LogP contribution in [0.15, 0.2) is 64.5 Å². The van der Waals surface area contributed by atoms with Gasteiger partial charge in [-0.3, -0.25) is 4.79 Å². The molecule has 0 bridgehead atoms. The van der Waals surface area contributed by atoms with Gasteiger partial charge in [0.25, 0.3) is 5.91 Å². The first-order valence-electron chi connectivity index (χ1n) is 14.3. The van der Waals surface area contributed by atoms with Crippen molar-refractivity contribution < 1.29 is 45.0 Å². The van der Waals surface area contributed by atoms with Gasteiger partial charge >= 0.3 is 12.4 Å². The Hall–Kier alpha value is -4.53. The van der Waals surface area contributed by atoms with Crippen molar-refractivity contribution in [3.8, 4) is 11.5 Å². The quantitative estimate of drug-likeness (QED) is 0.164. The Morgan fingerprint density at radius 1 is 1.02 bits per heavy atom. The van der Waals surface area contributed by atoms with Gasteiger partial charge in [0.1, 0.15) is 18.2 Å². The summed E-state index contributed by atoms with van der Waals surface area (Å²) in [5.41, 5.74) is -1.54. The van der Waals surface area contributed by atoms with Gasteiger partial charge in [0.05, 0.1) is 34.2 Å². The lowest BCUT2D eigenvalue weighted by Gasteiger charge is -2.32. The fourth-order valence-corrected chi connectivity index (χ4v) is 6.39. The molecule has 2 aliphatic heterocycles. The first kappa shape index (κ1) is 32.4. The number of nitrogens with zero attached hydrogens (tertiary/aromatic N) is 3. The summed E-state index contributed by atoms with van der Waals surface area (Å²) < 4.78 is 104. The minimum absolute atomic E-state index is 0.0252. The van der Waals surface area contributed by atoms with Crippen molar-refractivity contribution in [2.75, 3.05) is 20.2 Å². The van der Waals surface area contributed by atoms with Crippen molar-refractivity contribution >= 4 is 39.9 Å². The zero-order valence-electron chi connectivity index (χ0n) is 24.5. The van der Waals surface area contributed by atoms with E-state index in [0.717, 1.165) is 30.2 Å². The molecule has 1 aromatic heterocycles. The fourth-order valence-electron chi connectivity index (χ4n) is 5.44. The smallest absolute Gasteiger partial charge is 0.416 e. The van der Waals surface area contributed by atoms with Crippen molar-refractivity contribution in [2.45, 2.75) is 37.7 Å². The average Bonchev–Trinajstić information content (AvgIpc) is 3.62. The molecular formula is C32H25F7N4O3S. The number of hydrogen-bond donors (Lipinski definition) is 1. The number of H-pyrrole nitrogens is 1. The molecular weight excluding hydrogens is 653 g/mol. The van der Waals surface area contributed by atoms with Gasteiger partial charge in [0, 0.05) is 30.6 Å². The number of methoxy groups -OCH3 is 1. The molecule has 1 fully saturated rings. The van der Waals surface area contributed by atoms with Crippen LogP contribution in [-0.4, -0.2) is 46.1 Å². The van der Waals surface area contributed by atoms with Crippen molar-refractivity contribution in [3.05, 3.63) is 93.4 Å². The molecule has 7 nitrogen and oxygen atoms in total. The average molecular weight is 679 g/mol. The molecule has 3 aromatic carbocycles. The van der Waals surface area contributed by atoms with E-state index in [4.69, 9.17) is 9.47 Å². The Labute approximate surface area is 267 Å². The molecule has 1 N–H and O–H groups in total. The summed E-state index contributed by atoms with van der Waals surface area (Å²) >= 11 is 1.20. The van der Waals surface area contributed by atoms with Crippen molar-refractivity contribution in [1.82, 2.24) is 14.9 Å². The normalized spacial score (nSPS) is 18.3. The molecule has 15 heteroatoms. The summed E-state index contributed by atoms with van der Waals surface area (Å²) in [4.78, 5) is 27.3. The lowest BCUT2D eigenvalue weighted by molar-refractivity contribution is -0.143. The molecule has 0 spiro atoms. The number of aliphatic imine (C=N–C) groups is 1. The lowest BCUT2D eigenvalue weighted by atomic mass is 9.98. The van der Waals surface area contributed by atoms with E-state index in [1.807, 2.05) is 4.90 Å². The summed E-state index contributed by atoms with van der Waals surface area (Å²) in [5, 5.41) is 0.539. The molecule has 0 radical (unpaired) electrons. The number of rotatable bonds is 6. The van der Waals surface area contributed by atoms with Crippen molar-refractivity contribution in [2.24, 2.45) is 4.99 Å². The number of ether oxygens (including phenoxy) is 2. The maximum absolute atomic E-state index is 13.6. The highest BCUT2D eigenvalue weighted by Crippen LogP contribution is 2.39. The van der Waals surface area contributed by atoms with Gasteiger partial charge in [-0.2, -0.15) is 31.3 Å². The summed E-state index contributed by atoms with van der Waals surface area (Å²) in [6, 6.07) is 10.3. The number of hydrogen-bond acceptors (Lipinski definition) is 6. The predicted molar refractivity (Wildman–Crippen MR) is 161 cm³/mol. The molecule has 6 rings (SSSR count). The van der Waals surface area contributed by atoms with Crippen molar-refractivity contribution in [1.29, 1.82) is 0 Å². The van der Waals surface area contributed by atoms with Crippen LogP contribution in [0.2, 0.25) is 0 Å². The van der Waals surface area contributed by atoms with Crippen LogP contribution in [0.5, 0.6) is 11.5 Å². The number of alkyl halides is 6. The number of carbonyl (C=O) groups excluding carboxylic acids is 1. The highest BCUT2D eigenvalue weighted by atomic mass is 32.2. The van der Waals surface area contributed by atoms with E-state index in [2.05, 4.69) is 15.0 Å². The third kappa shape index (κ3) is 7.09. The van der Waals surface area contributed by atoms with Crippen LogP contribution < -0.4 is 9.47 Å². The molecule has 1 unspecified atom stereocenters. The third-order valence-electron chi connectivity index (χ3n) is 7.76. The van der Waals surface area contributed by atoms with Gasteiger partial charge in [-0.25, -0.2) is 9.37 Å². The van der Waals surface area contributed by atoms with E-state index >= 15 is 0 Å². The number of aromatic nitrogens is 2. The van der Waals surface area contributed by atoms with Gasteiger partial charge in [0.2, 0.25) is 0 Å². The predicted octanol–water partition coefficient (Wildman–Crippen LogP) is 8.18. The number of fused-ring (bicyclic) bond motifs is 1. The maximum atomic E-state index is 13.6. The lowest BCUT2D eigenvalue weighted by Crippen LogP contribution is -2.37. The molecule has 1 amide bonds. The SMILES string of the molecule is COc1cc(/C=C2/SC(N3CCCC(c4nc5cc(F)ccc5[nH]4)C3)=NC2=O)ccc1OCc1ccc(C(F)(F)F)cc1C(F)(F)F. The third-order valence-corrected chi connectivity index (χ3v) is 8.81. The molecule has 0 saturated carbocycles. The minimum atomic E-state index is -5.03. The van der Waals surface area contributed by atoms with E-state index in [1.165, 1.54) is 43.1 Å². The van der Waals surface area contributed by atoms with Crippen molar-refractivity contribution in [3.63, 3.8) is 0 Å². The van der Waals surface area contributed by atoms with Crippen LogP contribution in [0.25, 0.3) is 17.1 Å². The number of piperidine rings is 1. The van der Waals surface area contributed by atoms with Crippen LogP contribution in [0, 0.1) is 5.82 Å². The highest BCUT2D eigenvalue weighted by Gasteiger charge is 2.38. The fraction of sp³-hybridized carbons (Fsp3) is 0.281. The Morgan fingerprint density at radius 2 is 1.83 bits per heavy atom. The minimum Gasteiger partial charge on any atom is -0.493 e. The summed E-state index contributed by atoms with van der Waals surface area (Å²) in [6.45, 7) is 0.577. The van der Waals surface area contributed by atoms with Gasteiger partial charge in [-0.1, -0.05) is 12.1 Å². The Bertz CT molecular complexity index is 1900. The molecule has 1 atom stereocenters. The molecule has 3 heterocycles.